The van der Waals surface area contributed by atoms with Crippen molar-refractivity contribution in [2.45, 2.75) is 20.1 Å². The maximum absolute atomic E-state index is 5.67. The summed E-state index contributed by atoms with van der Waals surface area (Å²) in [6.45, 7) is 2.98. The van der Waals surface area contributed by atoms with E-state index in [9.17, 15) is 0 Å². The number of thiazole rings is 1. The van der Waals surface area contributed by atoms with Gasteiger partial charge in [-0.05, 0) is 30.7 Å². The molecule has 3 nitrogen and oxygen atoms in total. The number of aromatic nitrogens is 1. The van der Waals surface area contributed by atoms with Crippen LogP contribution in [0.5, 0.6) is 5.75 Å². The number of ether oxygens (including phenoxy) is 1. The number of nitrogens with zero attached hydrogens (tertiary/aromatic N) is 1. The van der Waals surface area contributed by atoms with Crippen LogP contribution in [0.25, 0.3) is 0 Å². The van der Waals surface area contributed by atoms with Crippen molar-refractivity contribution in [2.75, 3.05) is 0 Å². The maximum atomic E-state index is 5.67. The normalized spacial score (nSPS) is 10.5. The maximum Gasteiger partial charge on any atom is 0.140 e. The molecule has 2 N–H and O–H groups in total. The van der Waals surface area contributed by atoms with E-state index < -0.39 is 0 Å². The smallest absolute Gasteiger partial charge is 0.140 e. The second-order valence-corrected chi connectivity index (χ2v) is 5.43. The Bertz CT molecular complexity index is 513. The molecule has 90 valence electrons. The van der Waals surface area contributed by atoms with Crippen molar-refractivity contribution in [3.63, 3.8) is 0 Å². The number of aryl methyl sites for hydroxylation is 1. The Morgan fingerprint density at radius 3 is 2.94 bits per heavy atom. The average molecular weight is 313 g/mol. The van der Waals surface area contributed by atoms with Gasteiger partial charge in [-0.1, -0.05) is 15.9 Å². The van der Waals surface area contributed by atoms with E-state index in [4.69, 9.17) is 10.5 Å². The molecular formula is C12H13BrN2OS. The Balaban J connectivity index is 2.04. The number of hydrogen-bond acceptors (Lipinski definition) is 4. The first kappa shape index (κ1) is 12.5. The molecule has 0 amide bonds. The summed E-state index contributed by atoms with van der Waals surface area (Å²) in [4.78, 5) is 4.35. The minimum atomic E-state index is 0.494. The molecule has 2 aromatic rings. The van der Waals surface area contributed by atoms with Crippen LogP contribution in [0.2, 0.25) is 0 Å². The lowest BCUT2D eigenvalue weighted by Gasteiger charge is -2.07. The van der Waals surface area contributed by atoms with Crippen LogP contribution in [0.15, 0.2) is 28.1 Å². The van der Waals surface area contributed by atoms with Crippen LogP contribution in [0, 0.1) is 6.92 Å². The van der Waals surface area contributed by atoms with Crippen molar-refractivity contribution >= 4 is 27.3 Å². The largest absolute Gasteiger partial charge is 0.486 e. The molecule has 0 unspecified atom stereocenters. The number of halogens is 1. The van der Waals surface area contributed by atoms with Gasteiger partial charge in [-0.15, -0.1) is 11.3 Å². The van der Waals surface area contributed by atoms with Crippen LogP contribution >= 0.6 is 27.3 Å². The molecule has 0 spiro atoms. The van der Waals surface area contributed by atoms with Crippen LogP contribution < -0.4 is 10.5 Å². The minimum Gasteiger partial charge on any atom is -0.486 e. The van der Waals surface area contributed by atoms with Crippen molar-refractivity contribution in [3.05, 3.63) is 44.3 Å². The highest BCUT2D eigenvalue weighted by Crippen LogP contribution is 2.23. The number of rotatable bonds is 4. The van der Waals surface area contributed by atoms with Crippen molar-refractivity contribution in [1.29, 1.82) is 0 Å². The highest BCUT2D eigenvalue weighted by Gasteiger charge is 2.03. The monoisotopic (exact) mass is 312 g/mol. The third-order valence-corrected chi connectivity index (χ3v) is 3.98. The Hall–Kier alpha value is -0.910. The lowest BCUT2D eigenvalue weighted by Crippen LogP contribution is -2.00. The minimum absolute atomic E-state index is 0.494. The lowest BCUT2D eigenvalue weighted by molar-refractivity contribution is 0.305. The fraction of sp³-hybridized carbons (Fsp3) is 0.250. The van der Waals surface area contributed by atoms with E-state index >= 15 is 0 Å². The summed E-state index contributed by atoms with van der Waals surface area (Å²) in [5, 5.41) is 3.01. The van der Waals surface area contributed by atoms with Gasteiger partial charge in [0, 0.05) is 22.1 Å². The quantitative estimate of drug-likeness (QED) is 0.942. The SMILES string of the molecule is Cc1csc(COc2ccc(Br)c(CN)c2)n1. The highest BCUT2D eigenvalue weighted by molar-refractivity contribution is 9.10. The van der Waals surface area contributed by atoms with Crippen molar-refractivity contribution in [1.82, 2.24) is 4.98 Å². The van der Waals surface area contributed by atoms with Gasteiger partial charge in [0.1, 0.15) is 17.4 Å². The molecule has 5 heteroatoms. The molecule has 1 heterocycles. The fourth-order valence-electron chi connectivity index (χ4n) is 1.41. The van der Waals surface area contributed by atoms with Crippen LogP contribution in [0.3, 0.4) is 0 Å². The van der Waals surface area contributed by atoms with E-state index in [0.717, 1.165) is 26.5 Å². The average Bonchev–Trinajstić information content (AvgIpc) is 2.74. The van der Waals surface area contributed by atoms with Crippen LogP contribution in [0.4, 0.5) is 0 Å². The zero-order valence-electron chi connectivity index (χ0n) is 9.44. The molecule has 1 aromatic carbocycles. The lowest BCUT2D eigenvalue weighted by atomic mass is 10.2. The number of hydrogen-bond donors (Lipinski definition) is 1. The molecule has 2 rings (SSSR count). The zero-order valence-corrected chi connectivity index (χ0v) is 11.8. The van der Waals surface area contributed by atoms with Gasteiger partial charge in [-0.25, -0.2) is 4.98 Å². The Morgan fingerprint density at radius 1 is 1.47 bits per heavy atom. The molecule has 0 atom stereocenters. The molecule has 0 aliphatic rings. The first-order valence-electron chi connectivity index (χ1n) is 5.21. The molecule has 0 bridgehead atoms. The predicted molar refractivity (Wildman–Crippen MR) is 73.2 cm³/mol. The summed E-state index contributed by atoms with van der Waals surface area (Å²) < 4.78 is 6.69. The molecule has 0 aliphatic carbocycles. The van der Waals surface area contributed by atoms with Crippen molar-refractivity contribution in [2.24, 2.45) is 5.73 Å². The van der Waals surface area contributed by atoms with Crippen molar-refractivity contribution < 1.29 is 4.74 Å². The van der Waals surface area contributed by atoms with E-state index in [-0.39, 0.29) is 0 Å². The van der Waals surface area contributed by atoms with Gasteiger partial charge in [-0.3, -0.25) is 0 Å². The van der Waals surface area contributed by atoms with E-state index in [2.05, 4.69) is 20.9 Å². The second kappa shape index (κ2) is 5.62. The Labute approximate surface area is 113 Å². The van der Waals surface area contributed by atoms with Crippen molar-refractivity contribution in [3.8, 4) is 5.75 Å². The molecular weight excluding hydrogens is 300 g/mol. The molecule has 17 heavy (non-hydrogen) atoms. The summed E-state index contributed by atoms with van der Waals surface area (Å²) in [5.74, 6) is 0.821. The molecule has 0 saturated heterocycles. The Morgan fingerprint density at radius 2 is 2.29 bits per heavy atom. The van der Waals surface area contributed by atoms with Gasteiger partial charge in [0.15, 0.2) is 0 Å². The van der Waals surface area contributed by atoms with E-state index in [1.54, 1.807) is 11.3 Å². The summed E-state index contributed by atoms with van der Waals surface area (Å²) in [6.07, 6.45) is 0. The van der Waals surface area contributed by atoms with Crippen LogP contribution in [-0.4, -0.2) is 4.98 Å². The third-order valence-electron chi connectivity index (χ3n) is 2.27. The Kier molecular flexibility index (Phi) is 4.15. The van der Waals surface area contributed by atoms with Gasteiger partial charge >= 0.3 is 0 Å². The predicted octanol–water partition coefficient (Wildman–Crippen LogP) is 3.25. The molecule has 0 fully saturated rings. The summed E-state index contributed by atoms with van der Waals surface area (Å²) in [5.41, 5.74) is 7.71. The van der Waals surface area contributed by atoms with Gasteiger partial charge in [0.2, 0.25) is 0 Å². The summed E-state index contributed by atoms with van der Waals surface area (Å²) >= 11 is 5.06. The topological polar surface area (TPSA) is 48.1 Å². The van der Waals surface area contributed by atoms with E-state index in [1.807, 2.05) is 30.5 Å². The first-order valence-corrected chi connectivity index (χ1v) is 6.88. The third kappa shape index (κ3) is 3.28. The fourth-order valence-corrected chi connectivity index (χ4v) is 2.50. The summed E-state index contributed by atoms with van der Waals surface area (Å²) in [6, 6.07) is 5.82. The molecule has 0 radical (unpaired) electrons. The van der Waals surface area contributed by atoms with Gasteiger partial charge in [-0.2, -0.15) is 0 Å². The van der Waals surface area contributed by atoms with Gasteiger partial charge in [0.25, 0.3) is 0 Å². The highest BCUT2D eigenvalue weighted by atomic mass is 79.9. The van der Waals surface area contributed by atoms with Crippen LogP contribution in [-0.2, 0) is 13.2 Å². The standard InChI is InChI=1S/C12H13BrN2OS/c1-8-7-17-12(15-8)6-16-10-2-3-11(13)9(4-10)5-14/h2-4,7H,5-6,14H2,1H3. The molecule has 1 aromatic heterocycles. The second-order valence-electron chi connectivity index (χ2n) is 3.63. The number of benzene rings is 1. The summed E-state index contributed by atoms with van der Waals surface area (Å²) in [7, 11) is 0. The van der Waals surface area contributed by atoms with E-state index in [0.29, 0.717) is 13.2 Å². The molecule has 0 saturated carbocycles. The first-order chi connectivity index (χ1) is 8.19. The van der Waals surface area contributed by atoms with E-state index in [1.165, 1.54) is 0 Å². The van der Waals surface area contributed by atoms with Gasteiger partial charge < -0.3 is 10.5 Å². The van der Waals surface area contributed by atoms with Crippen LogP contribution in [0.1, 0.15) is 16.3 Å². The molecule has 0 aliphatic heterocycles. The number of nitrogens with two attached hydrogens (primary N) is 1. The van der Waals surface area contributed by atoms with Gasteiger partial charge in [0.05, 0.1) is 0 Å². The zero-order chi connectivity index (χ0) is 12.3.